The lowest BCUT2D eigenvalue weighted by Gasteiger charge is -2.25. The number of unbranched alkanes of at least 4 members (excludes halogenated alkanes) is 23. The molecular weight excluding hydrogens is 959 g/mol. The maximum Gasteiger partial charge on any atom is 0.361 e. The number of esters is 2. The SMILES string of the molecule is CC/C=C\C/C=C\C/C=C\C/C=C\C/C=C\C/C=C\C/C=C\C/C=C\CCCCCCCCCCCCCCCCCCC(=O)OC(COC(=O)CCCCCCC/C=C\CCCC)COC(OCC[N+](C)(C)C)C(=O)O. The lowest BCUT2D eigenvalue weighted by Crippen LogP contribution is -2.40. The second-order valence-electron chi connectivity index (χ2n) is 21.6. The fourth-order valence-electron chi connectivity index (χ4n) is 8.25. The molecule has 2 atom stereocenters. The van der Waals surface area contributed by atoms with Crippen molar-refractivity contribution >= 4 is 17.9 Å². The van der Waals surface area contributed by atoms with Crippen LogP contribution >= 0.6 is 0 Å². The third-order valence-electron chi connectivity index (χ3n) is 13.0. The Balaban J connectivity index is 4.00. The Hall–Kier alpha value is -4.05. The molecule has 0 aliphatic rings. The number of ether oxygens (including phenoxy) is 4. The van der Waals surface area contributed by atoms with Crippen molar-refractivity contribution in [3.63, 3.8) is 0 Å². The monoisotopic (exact) mass is 1070 g/mol. The van der Waals surface area contributed by atoms with Gasteiger partial charge in [0.25, 0.3) is 6.29 Å². The van der Waals surface area contributed by atoms with Crippen LogP contribution in [0.1, 0.15) is 245 Å². The minimum atomic E-state index is -1.51. The average Bonchev–Trinajstić information content (AvgIpc) is 3.40. The Morgan fingerprint density at radius 3 is 1.12 bits per heavy atom. The van der Waals surface area contributed by atoms with E-state index in [4.69, 9.17) is 18.9 Å². The first kappa shape index (κ1) is 73.0. The highest BCUT2D eigenvalue weighted by Gasteiger charge is 2.25. The standard InChI is InChI=1S/C68H115NO8/c1-6-8-10-12-14-16-18-19-20-21-22-23-24-25-26-27-28-29-30-31-32-33-34-35-36-37-38-39-40-41-42-43-44-45-46-47-49-51-53-55-57-59-66(71)77-64(63-76-68(67(72)73)74-61-60-69(3,4)5)62-75-65(70)58-56-54-52-50-48-17-15-13-11-9-7-2/h8,10,13-16,19-20,22-23,25-26,28-29,31-32,34-35,64,68H,6-7,9,11-12,17-18,21,24,27,30,33,36-63H2,1-5H3/p+1/b10-8-,15-13-,16-14-,20-19-,23-22-,26-25-,29-28-,32-31-,35-34-. The summed E-state index contributed by atoms with van der Waals surface area (Å²) in [6.45, 7) is 4.71. The topological polar surface area (TPSA) is 108 Å². The minimum Gasteiger partial charge on any atom is -0.477 e. The van der Waals surface area contributed by atoms with E-state index in [0.29, 0.717) is 11.0 Å². The molecule has 0 rings (SSSR count). The molecular formula is C68H116NO8+. The summed E-state index contributed by atoms with van der Waals surface area (Å²) in [4.78, 5) is 37.3. The van der Waals surface area contributed by atoms with Crippen LogP contribution in [0.4, 0.5) is 0 Å². The first-order valence-electron chi connectivity index (χ1n) is 31.1. The molecule has 1 N–H and O–H groups in total. The van der Waals surface area contributed by atoms with Crippen molar-refractivity contribution in [3.8, 4) is 0 Å². The number of rotatable bonds is 56. The minimum absolute atomic E-state index is 0.184. The Labute approximate surface area is 473 Å². The van der Waals surface area contributed by atoms with Crippen molar-refractivity contribution in [3.05, 3.63) is 109 Å². The van der Waals surface area contributed by atoms with Crippen LogP contribution < -0.4 is 0 Å². The zero-order valence-corrected chi connectivity index (χ0v) is 50.1. The molecule has 0 radical (unpaired) electrons. The maximum atomic E-state index is 12.9. The molecule has 0 aliphatic heterocycles. The fraction of sp³-hybridized carbons (Fsp3) is 0.691. The fourth-order valence-corrected chi connectivity index (χ4v) is 8.25. The summed E-state index contributed by atoms with van der Waals surface area (Å²) >= 11 is 0. The number of hydrogen-bond donors (Lipinski definition) is 1. The van der Waals surface area contributed by atoms with Crippen LogP contribution in [-0.4, -0.2) is 87.4 Å². The third kappa shape index (κ3) is 59.5. The van der Waals surface area contributed by atoms with Crippen molar-refractivity contribution in [2.24, 2.45) is 0 Å². The molecule has 0 heterocycles. The van der Waals surface area contributed by atoms with Crippen molar-refractivity contribution < 1.29 is 42.9 Å². The Kier molecular flexibility index (Phi) is 55.1. The van der Waals surface area contributed by atoms with Crippen molar-refractivity contribution in [1.82, 2.24) is 0 Å². The molecule has 0 saturated heterocycles. The van der Waals surface area contributed by atoms with Crippen molar-refractivity contribution in [1.29, 1.82) is 0 Å². The van der Waals surface area contributed by atoms with Crippen molar-refractivity contribution in [2.45, 2.75) is 257 Å². The number of nitrogens with zero attached hydrogens (tertiary/aromatic N) is 1. The van der Waals surface area contributed by atoms with E-state index in [9.17, 15) is 19.5 Å². The molecule has 0 saturated carbocycles. The molecule has 0 amide bonds. The Morgan fingerprint density at radius 1 is 0.403 bits per heavy atom. The van der Waals surface area contributed by atoms with Gasteiger partial charge in [0.1, 0.15) is 13.2 Å². The Morgan fingerprint density at radius 2 is 0.740 bits per heavy atom. The van der Waals surface area contributed by atoms with Gasteiger partial charge in [0, 0.05) is 12.8 Å². The van der Waals surface area contributed by atoms with Crippen LogP contribution in [-0.2, 0) is 33.3 Å². The average molecular weight is 1080 g/mol. The zero-order chi connectivity index (χ0) is 56.2. The van der Waals surface area contributed by atoms with E-state index in [1.54, 1.807) is 0 Å². The molecule has 0 spiro atoms. The number of carbonyl (C=O) groups excluding carboxylic acids is 2. The predicted molar refractivity (Wildman–Crippen MR) is 327 cm³/mol. The molecule has 0 aromatic heterocycles. The maximum absolute atomic E-state index is 12.9. The van der Waals surface area contributed by atoms with E-state index < -0.39 is 24.3 Å². The van der Waals surface area contributed by atoms with Gasteiger partial charge in [0.05, 0.1) is 34.4 Å². The van der Waals surface area contributed by atoms with Crippen LogP contribution in [0, 0.1) is 0 Å². The summed E-state index contributed by atoms with van der Waals surface area (Å²) in [6.07, 6.45) is 77.7. The summed E-state index contributed by atoms with van der Waals surface area (Å²) in [7, 11) is 5.96. The number of allylic oxidation sites excluding steroid dienone is 18. The van der Waals surface area contributed by atoms with E-state index in [-0.39, 0.29) is 38.6 Å². The number of hydrogen-bond acceptors (Lipinski definition) is 7. The van der Waals surface area contributed by atoms with Gasteiger partial charge in [-0.25, -0.2) is 4.79 Å². The second kappa shape index (κ2) is 58.1. The van der Waals surface area contributed by atoms with E-state index in [1.807, 2.05) is 21.1 Å². The van der Waals surface area contributed by atoms with Crippen LogP contribution in [0.25, 0.3) is 0 Å². The summed E-state index contributed by atoms with van der Waals surface area (Å²) in [5.74, 6) is -2.02. The summed E-state index contributed by atoms with van der Waals surface area (Å²) in [6, 6.07) is 0. The predicted octanol–water partition coefficient (Wildman–Crippen LogP) is 18.7. The summed E-state index contributed by atoms with van der Waals surface area (Å²) in [5, 5.41) is 9.68. The van der Waals surface area contributed by atoms with E-state index in [1.165, 1.54) is 103 Å². The highest BCUT2D eigenvalue weighted by atomic mass is 16.7. The summed E-state index contributed by atoms with van der Waals surface area (Å²) in [5.41, 5.74) is 0. The second-order valence-corrected chi connectivity index (χ2v) is 21.6. The van der Waals surface area contributed by atoms with Gasteiger partial charge in [-0.05, 0) is 96.3 Å². The number of carbonyl (C=O) groups is 3. The quantitative estimate of drug-likeness (QED) is 0.0211. The zero-order valence-electron chi connectivity index (χ0n) is 50.1. The molecule has 9 heteroatoms. The number of carboxylic acids is 1. The van der Waals surface area contributed by atoms with E-state index >= 15 is 0 Å². The van der Waals surface area contributed by atoms with Crippen LogP contribution in [0.5, 0.6) is 0 Å². The molecule has 9 nitrogen and oxygen atoms in total. The molecule has 0 fully saturated rings. The van der Waals surface area contributed by atoms with E-state index in [2.05, 4.69) is 123 Å². The smallest absolute Gasteiger partial charge is 0.361 e. The number of carboxylic acid groups (broad SMARTS) is 1. The molecule has 0 bridgehead atoms. The van der Waals surface area contributed by atoms with Crippen LogP contribution in [0.2, 0.25) is 0 Å². The third-order valence-corrected chi connectivity index (χ3v) is 13.0. The highest BCUT2D eigenvalue weighted by Crippen LogP contribution is 2.16. The summed E-state index contributed by atoms with van der Waals surface area (Å²) < 4.78 is 22.8. The van der Waals surface area contributed by atoms with Crippen molar-refractivity contribution in [2.75, 3.05) is 47.5 Å². The number of quaternary nitrogens is 1. The van der Waals surface area contributed by atoms with Gasteiger partial charge < -0.3 is 28.5 Å². The molecule has 0 aromatic carbocycles. The van der Waals surface area contributed by atoms with Gasteiger partial charge in [0.2, 0.25) is 0 Å². The molecule has 440 valence electrons. The number of likely N-dealkylation sites (N-methyl/N-ethyl adjacent to an activating group) is 1. The largest absolute Gasteiger partial charge is 0.477 e. The van der Waals surface area contributed by atoms with Crippen LogP contribution in [0.15, 0.2) is 109 Å². The van der Waals surface area contributed by atoms with Gasteiger partial charge in [-0.3, -0.25) is 9.59 Å². The molecule has 0 aliphatic carbocycles. The van der Waals surface area contributed by atoms with Gasteiger partial charge in [-0.2, -0.15) is 0 Å². The first-order valence-corrected chi connectivity index (χ1v) is 31.1. The van der Waals surface area contributed by atoms with Gasteiger partial charge in [0.15, 0.2) is 6.10 Å². The molecule has 2 unspecified atom stereocenters. The van der Waals surface area contributed by atoms with Crippen LogP contribution in [0.3, 0.4) is 0 Å². The molecule has 77 heavy (non-hydrogen) atoms. The van der Waals surface area contributed by atoms with E-state index in [0.717, 1.165) is 116 Å². The number of aliphatic carboxylic acids is 1. The Bertz CT molecular complexity index is 1630. The molecule has 0 aromatic rings. The normalized spacial score (nSPS) is 13.5. The lowest BCUT2D eigenvalue weighted by atomic mass is 10.0. The van der Waals surface area contributed by atoms with Gasteiger partial charge >= 0.3 is 17.9 Å². The first-order chi connectivity index (χ1) is 37.6. The lowest BCUT2D eigenvalue weighted by molar-refractivity contribution is -0.870. The van der Waals surface area contributed by atoms with Gasteiger partial charge in [-0.15, -0.1) is 0 Å². The highest BCUT2D eigenvalue weighted by molar-refractivity contribution is 5.71. The van der Waals surface area contributed by atoms with Gasteiger partial charge in [-0.1, -0.05) is 245 Å².